The molecule has 2 aromatic rings. The van der Waals surface area contributed by atoms with Gasteiger partial charge in [-0.25, -0.2) is 0 Å². The summed E-state index contributed by atoms with van der Waals surface area (Å²) in [6.07, 6.45) is 6.47. The van der Waals surface area contributed by atoms with Crippen LogP contribution in [0.1, 0.15) is 44.1 Å². The fraction of sp³-hybridized carbons (Fsp3) is 0.476. The summed E-state index contributed by atoms with van der Waals surface area (Å²) in [5.41, 5.74) is 1.30. The molecule has 1 fully saturated rings. The number of carbonyl (C=O) groups excluding carboxylic acids is 1. The van der Waals surface area contributed by atoms with Gasteiger partial charge in [0, 0.05) is 19.1 Å². The van der Waals surface area contributed by atoms with Crippen LogP contribution in [0.5, 0.6) is 0 Å². The predicted molar refractivity (Wildman–Crippen MR) is 97.9 cm³/mol. The third kappa shape index (κ3) is 4.57. The van der Waals surface area contributed by atoms with Gasteiger partial charge in [0.2, 0.25) is 5.91 Å². The number of fused-ring (bicyclic) bond motifs is 1. The number of amides is 1. The van der Waals surface area contributed by atoms with E-state index in [2.05, 4.69) is 47.8 Å². The van der Waals surface area contributed by atoms with E-state index in [-0.39, 0.29) is 12.5 Å². The lowest BCUT2D eigenvalue weighted by atomic mass is 9.86. The smallest absolute Gasteiger partial charge is 0.220 e. The molecule has 0 unspecified atom stereocenters. The van der Waals surface area contributed by atoms with Gasteiger partial charge in [-0.15, -0.1) is 0 Å². The van der Waals surface area contributed by atoms with Crippen LogP contribution in [0.15, 0.2) is 42.5 Å². The second-order valence-electron chi connectivity index (χ2n) is 7.00. The standard InChI is InChI=1S/C21H27NO2/c23-15-17-9-12-20(13-10-17)22-21(24)7-3-4-16-8-11-18-5-1-2-6-19(18)14-16/h1-2,5-6,8,11,14,17,20,23H,3-4,7,9-10,12-13,15H2,(H,22,24). The molecular formula is C21H27NO2. The lowest BCUT2D eigenvalue weighted by Crippen LogP contribution is -2.38. The fourth-order valence-corrected chi connectivity index (χ4v) is 3.64. The molecule has 128 valence electrons. The number of nitrogens with one attached hydrogen (secondary N) is 1. The van der Waals surface area contributed by atoms with Crippen molar-refractivity contribution >= 4 is 16.7 Å². The van der Waals surface area contributed by atoms with E-state index in [9.17, 15) is 4.79 Å². The van der Waals surface area contributed by atoms with E-state index in [1.54, 1.807) is 0 Å². The highest BCUT2D eigenvalue weighted by atomic mass is 16.3. The van der Waals surface area contributed by atoms with Crippen LogP contribution < -0.4 is 5.32 Å². The lowest BCUT2D eigenvalue weighted by Gasteiger charge is -2.27. The molecule has 3 nitrogen and oxygen atoms in total. The van der Waals surface area contributed by atoms with Crippen LogP contribution in [0.25, 0.3) is 10.8 Å². The van der Waals surface area contributed by atoms with Crippen molar-refractivity contribution < 1.29 is 9.90 Å². The minimum Gasteiger partial charge on any atom is -0.396 e. The van der Waals surface area contributed by atoms with Crippen molar-refractivity contribution in [2.45, 2.75) is 51.0 Å². The normalized spacial score (nSPS) is 20.9. The number of aryl methyl sites for hydroxylation is 1. The van der Waals surface area contributed by atoms with Gasteiger partial charge in [-0.2, -0.15) is 0 Å². The van der Waals surface area contributed by atoms with Gasteiger partial charge >= 0.3 is 0 Å². The zero-order valence-electron chi connectivity index (χ0n) is 14.2. The molecular weight excluding hydrogens is 298 g/mol. The Hall–Kier alpha value is -1.87. The molecule has 3 heteroatoms. The van der Waals surface area contributed by atoms with Gasteiger partial charge in [0.15, 0.2) is 0 Å². The number of rotatable bonds is 6. The summed E-state index contributed by atoms with van der Waals surface area (Å²) in [7, 11) is 0. The van der Waals surface area contributed by atoms with E-state index in [1.807, 2.05) is 0 Å². The minimum absolute atomic E-state index is 0.170. The molecule has 0 heterocycles. The molecule has 2 aromatic carbocycles. The molecule has 0 radical (unpaired) electrons. The molecule has 0 atom stereocenters. The molecule has 3 rings (SSSR count). The highest BCUT2D eigenvalue weighted by Crippen LogP contribution is 2.23. The van der Waals surface area contributed by atoms with Crippen molar-refractivity contribution in [1.82, 2.24) is 5.32 Å². The van der Waals surface area contributed by atoms with E-state index in [4.69, 9.17) is 5.11 Å². The van der Waals surface area contributed by atoms with Crippen LogP contribution in [-0.2, 0) is 11.2 Å². The van der Waals surface area contributed by atoms with Crippen molar-refractivity contribution in [1.29, 1.82) is 0 Å². The van der Waals surface area contributed by atoms with Crippen LogP contribution in [0.3, 0.4) is 0 Å². The number of aliphatic hydroxyl groups is 1. The van der Waals surface area contributed by atoms with E-state index in [0.717, 1.165) is 38.5 Å². The van der Waals surface area contributed by atoms with E-state index in [1.165, 1.54) is 16.3 Å². The Morgan fingerprint density at radius 2 is 1.79 bits per heavy atom. The highest BCUT2D eigenvalue weighted by Gasteiger charge is 2.21. The Morgan fingerprint density at radius 3 is 2.54 bits per heavy atom. The first-order chi connectivity index (χ1) is 11.7. The Kier molecular flexibility index (Phi) is 5.86. The Labute approximate surface area is 144 Å². The van der Waals surface area contributed by atoms with E-state index in [0.29, 0.717) is 18.4 Å². The van der Waals surface area contributed by atoms with Crippen molar-refractivity contribution in [3.63, 3.8) is 0 Å². The molecule has 0 aliphatic heterocycles. The molecule has 1 aliphatic rings. The van der Waals surface area contributed by atoms with Gasteiger partial charge in [0.05, 0.1) is 0 Å². The summed E-state index contributed by atoms with van der Waals surface area (Å²) in [6, 6.07) is 15.2. The molecule has 1 saturated carbocycles. The van der Waals surface area contributed by atoms with Gasteiger partial charge < -0.3 is 10.4 Å². The summed E-state index contributed by atoms with van der Waals surface area (Å²) in [5, 5.41) is 14.8. The predicted octanol–water partition coefficient (Wildman–Crippen LogP) is 3.83. The number of carbonyl (C=O) groups is 1. The summed E-state index contributed by atoms with van der Waals surface area (Å²) in [6.45, 7) is 0.284. The summed E-state index contributed by atoms with van der Waals surface area (Å²) in [4.78, 5) is 12.1. The molecule has 0 aromatic heterocycles. The van der Waals surface area contributed by atoms with Crippen molar-refractivity contribution in [3.8, 4) is 0 Å². The van der Waals surface area contributed by atoms with E-state index < -0.39 is 0 Å². The van der Waals surface area contributed by atoms with Gasteiger partial charge in [-0.1, -0.05) is 42.5 Å². The average Bonchev–Trinajstić information content (AvgIpc) is 2.62. The van der Waals surface area contributed by atoms with Gasteiger partial charge in [-0.3, -0.25) is 4.79 Å². The summed E-state index contributed by atoms with van der Waals surface area (Å²) >= 11 is 0. The first-order valence-corrected chi connectivity index (χ1v) is 9.12. The monoisotopic (exact) mass is 325 g/mol. The van der Waals surface area contributed by atoms with Crippen LogP contribution in [0, 0.1) is 5.92 Å². The Balaban J connectivity index is 1.41. The molecule has 2 N–H and O–H groups in total. The second-order valence-corrected chi connectivity index (χ2v) is 7.00. The maximum absolute atomic E-state index is 12.1. The number of hydrogen-bond donors (Lipinski definition) is 2. The molecule has 0 bridgehead atoms. The fourth-order valence-electron chi connectivity index (χ4n) is 3.64. The van der Waals surface area contributed by atoms with Gasteiger partial charge in [0.1, 0.15) is 0 Å². The maximum Gasteiger partial charge on any atom is 0.220 e. The Morgan fingerprint density at radius 1 is 1.04 bits per heavy atom. The number of aliphatic hydroxyl groups excluding tert-OH is 1. The largest absolute Gasteiger partial charge is 0.396 e. The molecule has 0 spiro atoms. The van der Waals surface area contributed by atoms with Crippen LogP contribution in [0.2, 0.25) is 0 Å². The van der Waals surface area contributed by atoms with Crippen molar-refractivity contribution in [2.75, 3.05) is 6.61 Å². The molecule has 24 heavy (non-hydrogen) atoms. The summed E-state index contributed by atoms with van der Waals surface area (Å²) in [5.74, 6) is 0.606. The maximum atomic E-state index is 12.1. The minimum atomic E-state index is 0.170. The second kappa shape index (κ2) is 8.29. The zero-order chi connectivity index (χ0) is 16.8. The first kappa shape index (κ1) is 17.0. The van der Waals surface area contributed by atoms with E-state index >= 15 is 0 Å². The first-order valence-electron chi connectivity index (χ1n) is 9.12. The van der Waals surface area contributed by atoms with Crippen molar-refractivity contribution in [3.05, 3.63) is 48.0 Å². The summed E-state index contributed by atoms with van der Waals surface area (Å²) < 4.78 is 0. The highest BCUT2D eigenvalue weighted by molar-refractivity contribution is 5.83. The quantitative estimate of drug-likeness (QED) is 0.848. The van der Waals surface area contributed by atoms with Crippen LogP contribution >= 0.6 is 0 Å². The number of hydrogen-bond acceptors (Lipinski definition) is 2. The number of benzene rings is 2. The third-order valence-corrected chi connectivity index (χ3v) is 5.15. The average molecular weight is 325 g/mol. The van der Waals surface area contributed by atoms with Crippen molar-refractivity contribution in [2.24, 2.45) is 5.92 Å². The Bertz CT molecular complexity index is 674. The van der Waals surface area contributed by atoms with Gasteiger partial charge in [-0.05, 0) is 60.8 Å². The topological polar surface area (TPSA) is 49.3 Å². The van der Waals surface area contributed by atoms with Gasteiger partial charge in [0.25, 0.3) is 0 Å². The molecule has 0 saturated heterocycles. The lowest BCUT2D eigenvalue weighted by molar-refractivity contribution is -0.122. The zero-order valence-corrected chi connectivity index (χ0v) is 14.2. The molecule has 1 aliphatic carbocycles. The molecule has 1 amide bonds. The van der Waals surface area contributed by atoms with Crippen LogP contribution in [-0.4, -0.2) is 23.7 Å². The third-order valence-electron chi connectivity index (χ3n) is 5.15. The van der Waals surface area contributed by atoms with Crippen LogP contribution in [0.4, 0.5) is 0 Å². The SMILES string of the molecule is O=C(CCCc1ccc2ccccc2c1)NC1CCC(CO)CC1.